The summed E-state index contributed by atoms with van der Waals surface area (Å²) >= 11 is 0. The van der Waals surface area contributed by atoms with Crippen molar-refractivity contribution in [2.75, 3.05) is 6.61 Å². The van der Waals surface area contributed by atoms with Crippen molar-refractivity contribution in [2.24, 2.45) is 0 Å². The van der Waals surface area contributed by atoms with E-state index in [1.165, 1.54) is 0 Å². The molecule has 0 aliphatic carbocycles. The van der Waals surface area contributed by atoms with Gasteiger partial charge in [-0.15, -0.1) is 0 Å². The van der Waals surface area contributed by atoms with Gasteiger partial charge in [-0.1, -0.05) is 6.58 Å². The van der Waals surface area contributed by atoms with E-state index in [1.54, 1.807) is 0 Å². The summed E-state index contributed by atoms with van der Waals surface area (Å²) in [6.07, 6.45) is -6.02. The molecule has 0 aliphatic heterocycles. The molecule has 0 aliphatic rings. The first-order valence-electron chi connectivity index (χ1n) is 7.65. The van der Waals surface area contributed by atoms with Crippen LogP contribution in [0.3, 0.4) is 0 Å². The van der Waals surface area contributed by atoms with Crippen molar-refractivity contribution in [3.63, 3.8) is 0 Å². The number of hydrogen-bond acceptors (Lipinski definition) is 2. The zero-order valence-electron chi connectivity index (χ0n) is 15.6. The van der Waals surface area contributed by atoms with E-state index in [4.69, 9.17) is 0 Å². The number of hydrogen-bond donors (Lipinski definition) is 0. The van der Waals surface area contributed by atoms with Crippen LogP contribution in [0.1, 0.15) is 6.92 Å². The quantitative estimate of drug-likeness (QED) is 0.168. The Hall–Kier alpha value is -2.05. The monoisotopic (exact) mass is 550 g/mol. The second-order valence-corrected chi connectivity index (χ2v) is 6.43. The number of rotatable bonds is 11. The predicted octanol–water partition coefficient (Wildman–Crippen LogP) is 6.45. The van der Waals surface area contributed by atoms with E-state index in [1.807, 2.05) is 0 Å². The van der Waals surface area contributed by atoms with E-state index in [0.29, 0.717) is 6.92 Å². The minimum Gasteiger partial charge on any atom is -0.456 e. The van der Waals surface area contributed by atoms with Gasteiger partial charge in [0.1, 0.15) is 0 Å². The number of carbonyl (C=O) groups is 1. The maximum Gasteiger partial charge on any atom is 0.385 e. The Kier molecular flexibility index (Phi) is 8.04. The van der Waals surface area contributed by atoms with Gasteiger partial charge in [0.15, 0.2) is 6.61 Å². The summed E-state index contributed by atoms with van der Waals surface area (Å²) in [5, 5.41) is 0. The van der Waals surface area contributed by atoms with Crippen LogP contribution in [0.4, 0.5) is 79.0 Å². The van der Waals surface area contributed by atoms with Crippen LogP contribution in [-0.4, -0.2) is 66.4 Å². The molecule has 0 atom stereocenters. The van der Waals surface area contributed by atoms with Crippen LogP contribution < -0.4 is 0 Å². The molecule has 20 heteroatoms. The van der Waals surface area contributed by atoms with Gasteiger partial charge in [-0.2, -0.15) is 70.2 Å². The molecule has 0 amide bonds. The zero-order chi connectivity index (χ0) is 28.1. The molecule has 0 radical (unpaired) electrons. The van der Waals surface area contributed by atoms with Crippen LogP contribution in [0.25, 0.3) is 0 Å². The third-order valence-corrected chi connectivity index (χ3v) is 3.86. The Labute approximate surface area is 175 Å². The lowest BCUT2D eigenvalue weighted by atomic mass is 9.87. The zero-order valence-corrected chi connectivity index (χ0v) is 15.6. The molecule has 0 fully saturated rings. The summed E-state index contributed by atoms with van der Waals surface area (Å²) < 4.78 is 239. The van der Waals surface area contributed by atoms with Crippen LogP contribution in [0.2, 0.25) is 0 Å². The molecule has 34 heavy (non-hydrogen) atoms. The number of carbonyl (C=O) groups excluding carboxylic acids is 1. The van der Waals surface area contributed by atoms with Gasteiger partial charge in [0.2, 0.25) is 0 Å². The van der Waals surface area contributed by atoms with Crippen molar-refractivity contribution < 1.29 is 88.6 Å². The molecule has 2 nitrogen and oxygen atoms in total. The van der Waals surface area contributed by atoms with Gasteiger partial charge in [0.05, 0.1) is 0 Å². The molecule has 0 bridgehead atoms. The van der Waals surface area contributed by atoms with E-state index in [0.717, 1.165) is 0 Å². The highest BCUT2D eigenvalue weighted by Crippen LogP contribution is 2.64. The maximum atomic E-state index is 13.5. The molecule has 0 rings (SSSR count). The molecule has 0 N–H and O–H groups in total. The number of alkyl halides is 18. The van der Waals surface area contributed by atoms with Crippen LogP contribution in [0.15, 0.2) is 12.2 Å². The van der Waals surface area contributed by atoms with Crippen molar-refractivity contribution in [3.8, 4) is 0 Å². The molecule has 0 heterocycles. The molecule has 0 aromatic heterocycles. The average Bonchev–Trinajstić information content (AvgIpc) is 2.64. The molecule has 202 valence electrons. The molecule has 0 aromatic carbocycles. The van der Waals surface area contributed by atoms with Crippen molar-refractivity contribution >= 4 is 5.97 Å². The van der Waals surface area contributed by atoms with E-state index >= 15 is 0 Å². The Morgan fingerprint density at radius 1 is 0.647 bits per heavy atom. The SMILES string of the molecule is C=C(C)C(=O)OCC(F)(F)C(F)(F)C(F)(F)C(F)(F)C(F)(F)C(F)(F)C(F)(F)C(F)(F)C(F)F. The van der Waals surface area contributed by atoms with Gasteiger partial charge >= 0.3 is 59.8 Å². The highest BCUT2D eigenvalue weighted by molar-refractivity contribution is 5.86. The second kappa shape index (κ2) is 8.56. The summed E-state index contributed by atoms with van der Waals surface area (Å²) in [4.78, 5) is 10.8. The number of halogens is 18. The van der Waals surface area contributed by atoms with Crippen molar-refractivity contribution in [1.82, 2.24) is 0 Å². The first kappa shape index (κ1) is 31.9. The molecule has 0 spiro atoms. The topological polar surface area (TPSA) is 26.3 Å². The van der Waals surface area contributed by atoms with Gasteiger partial charge in [-0.3, -0.25) is 0 Å². The van der Waals surface area contributed by atoms with Crippen molar-refractivity contribution in [2.45, 2.75) is 60.7 Å². The minimum atomic E-state index is -8.81. The van der Waals surface area contributed by atoms with E-state index in [2.05, 4.69) is 11.3 Å². The molecular weight excluding hydrogens is 542 g/mol. The summed E-state index contributed by atoms with van der Waals surface area (Å²) in [5.74, 6) is -67.6. The van der Waals surface area contributed by atoms with Crippen LogP contribution in [0, 0.1) is 0 Å². The van der Waals surface area contributed by atoms with Gasteiger partial charge < -0.3 is 4.74 Å². The third-order valence-electron chi connectivity index (χ3n) is 3.86. The Bertz CT molecular complexity index is 784. The molecule has 0 saturated heterocycles. The van der Waals surface area contributed by atoms with E-state index in [9.17, 15) is 83.8 Å². The van der Waals surface area contributed by atoms with E-state index in [-0.39, 0.29) is 0 Å². The molecular formula is C14H8F18O2. The Balaban J connectivity index is 6.65. The average molecular weight is 550 g/mol. The second-order valence-electron chi connectivity index (χ2n) is 6.43. The predicted molar refractivity (Wildman–Crippen MR) is 71.4 cm³/mol. The minimum absolute atomic E-state index is 0.638. The molecule has 0 unspecified atom stereocenters. The van der Waals surface area contributed by atoms with Crippen LogP contribution in [-0.2, 0) is 9.53 Å². The van der Waals surface area contributed by atoms with Gasteiger partial charge in [0, 0.05) is 5.57 Å². The Morgan fingerprint density at radius 2 is 0.941 bits per heavy atom. The normalized spacial score (nSPS) is 15.5. The van der Waals surface area contributed by atoms with Crippen molar-refractivity contribution in [1.29, 1.82) is 0 Å². The smallest absolute Gasteiger partial charge is 0.385 e. The highest BCUT2D eigenvalue weighted by atomic mass is 19.4. The molecule has 0 aromatic rings. The van der Waals surface area contributed by atoms with Crippen LogP contribution >= 0.6 is 0 Å². The number of ether oxygens (including phenoxy) is 1. The maximum absolute atomic E-state index is 13.5. The Morgan fingerprint density at radius 3 is 1.24 bits per heavy atom. The van der Waals surface area contributed by atoms with Gasteiger partial charge in [-0.25, -0.2) is 13.6 Å². The lowest BCUT2D eigenvalue weighted by molar-refractivity contribution is -0.458. The molecule has 0 saturated carbocycles. The van der Waals surface area contributed by atoms with Gasteiger partial charge in [0.25, 0.3) is 0 Å². The first-order valence-corrected chi connectivity index (χ1v) is 7.65. The van der Waals surface area contributed by atoms with E-state index < -0.39 is 72.0 Å². The largest absolute Gasteiger partial charge is 0.456 e. The fourth-order valence-electron chi connectivity index (χ4n) is 1.73. The van der Waals surface area contributed by atoms with Crippen molar-refractivity contribution in [3.05, 3.63) is 12.2 Å². The standard InChI is InChI=1S/C14H8F18O2/c1-4(2)5(33)34-3-7(17,18)9(21,22)11(25,26)13(29,30)14(31,32)12(27,28)10(23,24)8(19,20)6(15)16/h6H,1,3H2,2H3. The fourth-order valence-corrected chi connectivity index (χ4v) is 1.73. The summed E-state index contributed by atoms with van der Waals surface area (Å²) in [6.45, 7) is -0.00516. The summed E-state index contributed by atoms with van der Waals surface area (Å²) in [5.41, 5.74) is -0.899. The highest BCUT2D eigenvalue weighted by Gasteiger charge is 2.95. The summed E-state index contributed by atoms with van der Waals surface area (Å²) in [7, 11) is 0. The van der Waals surface area contributed by atoms with Crippen LogP contribution in [0.5, 0.6) is 0 Å². The lowest BCUT2D eigenvalue weighted by Gasteiger charge is -2.43. The fraction of sp³-hybridized carbons (Fsp3) is 0.786. The van der Waals surface area contributed by atoms with Gasteiger partial charge in [-0.05, 0) is 6.92 Å². The first-order chi connectivity index (χ1) is 14.5. The number of esters is 1. The third kappa shape index (κ3) is 4.24. The summed E-state index contributed by atoms with van der Waals surface area (Å²) in [6, 6.07) is 0. The lowest BCUT2D eigenvalue weighted by Crippen LogP contribution is -2.75.